The molecule has 76 valence electrons. The highest BCUT2D eigenvalue weighted by Gasteiger charge is 2.26. The van der Waals surface area contributed by atoms with Crippen molar-refractivity contribution in [2.45, 2.75) is 69.5 Å². The highest BCUT2D eigenvalue weighted by molar-refractivity contribution is 4.88. The van der Waals surface area contributed by atoms with Crippen molar-refractivity contribution in [3.8, 4) is 0 Å². The second-order valence-electron chi connectivity index (χ2n) is 4.70. The van der Waals surface area contributed by atoms with Crippen molar-refractivity contribution in [1.29, 1.82) is 0 Å². The summed E-state index contributed by atoms with van der Waals surface area (Å²) in [7, 11) is 0. The molecule has 0 aromatic carbocycles. The Balaban J connectivity index is 1.75. The van der Waals surface area contributed by atoms with Crippen molar-refractivity contribution in [2.75, 3.05) is 0 Å². The normalized spacial score (nSPS) is 36.7. The van der Waals surface area contributed by atoms with Crippen LogP contribution in [0.1, 0.15) is 51.4 Å². The van der Waals surface area contributed by atoms with Crippen LogP contribution < -0.4 is 11.1 Å². The zero-order valence-electron chi connectivity index (χ0n) is 8.47. The van der Waals surface area contributed by atoms with Crippen LogP contribution in [-0.4, -0.2) is 18.1 Å². The van der Waals surface area contributed by atoms with Gasteiger partial charge < -0.3 is 11.1 Å². The van der Waals surface area contributed by atoms with Gasteiger partial charge in [-0.15, -0.1) is 0 Å². The molecule has 2 heteroatoms. The first-order valence-electron chi connectivity index (χ1n) is 5.88. The molecule has 0 bridgehead atoms. The molecule has 0 spiro atoms. The minimum atomic E-state index is 0.432. The van der Waals surface area contributed by atoms with Crippen LogP contribution in [0.4, 0.5) is 0 Å². The lowest BCUT2D eigenvalue weighted by Gasteiger charge is -2.28. The molecule has 2 fully saturated rings. The van der Waals surface area contributed by atoms with Crippen molar-refractivity contribution in [3.63, 3.8) is 0 Å². The molecule has 13 heavy (non-hydrogen) atoms. The Kier molecular flexibility index (Phi) is 3.23. The predicted molar refractivity (Wildman–Crippen MR) is 55.6 cm³/mol. The van der Waals surface area contributed by atoms with E-state index in [2.05, 4.69) is 5.32 Å². The third-order valence-corrected chi connectivity index (χ3v) is 3.62. The van der Waals surface area contributed by atoms with Crippen LogP contribution in [0.25, 0.3) is 0 Å². The Bertz CT molecular complexity index is 152. The third-order valence-electron chi connectivity index (χ3n) is 3.62. The van der Waals surface area contributed by atoms with Crippen LogP contribution in [0, 0.1) is 0 Å². The van der Waals surface area contributed by atoms with Crippen molar-refractivity contribution in [3.05, 3.63) is 0 Å². The smallest absolute Gasteiger partial charge is 0.0221 e. The zero-order chi connectivity index (χ0) is 9.10. The van der Waals surface area contributed by atoms with Gasteiger partial charge in [-0.25, -0.2) is 0 Å². The SMILES string of the molecule is NC1CCCC1NC1CCCCC1. The Labute approximate surface area is 81.3 Å². The fourth-order valence-corrected chi connectivity index (χ4v) is 2.77. The first-order valence-corrected chi connectivity index (χ1v) is 5.88. The van der Waals surface area contributed by atoms with Crippen LogP contribution in [0.15, 0.2) is 0 Å². The summed E-state index contributed by atoms with van der Waals surface area (Å²) in [5, 5.41) is 3.74. The van der Waals surface area contributed by atoms with Gasteiger partial charge in [0.15, 0.2) is 0 Å². The summed E-state index contributed by atoms with van der Waals surface area (Å²) in [5.74, 6) is 0. The summed E-state index contributed by atoms with van der Waals surface area (Å²) in [5.41, 5.74) is 6.03. The highest BCUT2D eigenvalue weighted by Crippen LogP contribution is 2.22. The first kappa shape index (κ1) is 9.47. The van der Waals surface area contributed by atoms with E-state index in [1.165, 1.54) is 51.4 Å². The maximum Gasteiger partial charge on any atom is 0.0221 e. The fourth-order valence-electron chi connectivity index (χ4n) is 2.77. The van der Waals surface area contributed by atoms with E-state index in [-0.39, 0.29) is 0 Å². The summed E-state index contributed by atoms with van der Waals surface area (Å²) in [4.78, 5) is 0. The molecule has 2 atom stereocenters. The summed E-state index contributed by atoms with van der Waals surface area (Å²) < 4.78 is 0. The Hall–Kier alpha value is -0.0800. The standard InChI is InChI=1S/C11H22N2/c12-10-7-4-8-11(10)13-9-5-2-1-3-6-9/h9-11,13H,1-8,12H2. The van der Waals surface area contributed by atoms with Crippen LogP contribution in [0.5, 0.6) is 0 Å². The topological polar surface area (TPSA) is 38.0 Å². The average Bonchev–Trinajstić information content (AvgIpc) is 2.54. The minimum absolute atomic E-state index is 0.432. The molecule has 0 amide bonds. The lowest BCUT2D eigenvalue weighted by atomic mass is 9.94. The van der Waals surface area contributed by atoms with Crippen LogP contribution >= 0.6 is 0 Å². The molecule has 0 saturated heterocycles. The molecule has 0 aromatic rings. The molecule has 2 aliphatic carbocycles. The van der Waals surface area contributed by atoms with E-state index in [1.807, 2.05) is 0 Å². The van der Waals surface area contributed by atoms with Crippen LogP contribution in [-0.2, 0) is 0 Å². The maximum absolute atomic E-state index is 6.03. The Morgan fingerprint density at radius 3 is 2.23 bits per heavy atom. The molecule has 3 N–H and O–H groups in total. The molecule has 0 heterocycles. The third kappa shape index (κ3) is 2.44. The van der Waals surface area contributed by atoms with E-state index in [0.29, 0.717) is 12.1 Å². The Morgan fingerprint density at radius 2 is 1.62 bits per heavy atom. The van der Waals surface area contributed by atoms with Crippen molar-refractivity contribution >= 4 is 0 Å². The van der Waals surface area contributed by atoms with E-state index in [1.54, 1.807) is 0 Å². The molecular formula is C11H22N2. The summed E-state index contributed by atoms with van der Waals surface area (Å²) >= 11 is 0. The van der Waals surface area contributed by atoms with E-state index in [0.717, 1.165) is 6.04 Å². The van der Waals surface area contributed by atoms with E-state index in [4.69, 9.17) is 5.73 Å². The highest BCUT2D eigenvalue weighted by atomic mass is 15.0. The summed E-state index contributed by atoms with van der Waals surface area (Å²) in [6.07, 6.45) is 10.9. The second-order valence-corrected chi connectivity index (χ2v) is 4.70. The van der Waals surface area contributed by atoms with Gasteiger partial charge in [-0.2, -0.15) is 0 Å². The van der Waals surface area contributed by atoms with Crippen LogP contribution in [0.3, 0.4) is 0 Å². The molecule has 0 aromatic heterocycles. The zero-order valence-corrected chi connectivity index (χ0v) is 8.47. The first-order chi connectivity index (χ1) is 6.36. The summed E-state index contributed by atoms with van der Waals surface area (Å²) in [6.45, 7) is 0. The largest absolute Gasteiger partial charge is 0.326 e. The predicted octanol–water partition coefficient (Wildman–Crippen LogP) is 1.79. The number of hydrogen-bond acceptors (Lipinski definition) is 2. The van der Waals surface area contributed by atoms with Crippen molar-refractivity contribution < 1.29 is 0 Å². The molecule has 2 aliphatic rings. The van der Waals surface area contributed by atoms with E-state index in [9.17, 15) is 0 Å². The average molecular weight is 182 g/mol. The van der Waals surface area contributed by atoms with Gasteiger partial charge in [-0.3, -0.25) is 0 Å². The van der Waals surface area contributed by atoms with Gasteiger partial charge in [0.05, 0.1) is 0 Å². The lowest BCUT2D eigenvalue weighted by molar-refractivity contribution is 0.325. The monoisotopic (exact) mass is 182 g/mol. The van der Waals surface area contributed by atoms with Gasteiger partial charge in [0.1, 0.15) is 0 Å². The van der Waals surface area contributed by atoms with Gasteiger partial charge in [0.25, 0.3) is 0 Å². The molecule has 2 rings (SSSR count). The number of nitrogens with one attached hydrogen (secondary N) is 1. The molecule has 2 nitrogen and oxygen atoms in total. The molecule has 2 saturated carbocycles. The molecule has 0 radical (unpaired) electrons. The van der Waals surface area contributed by atoms with Crippen LogP contribution in [0.2, 0.25) is 0 Å². The van der Waals surface area contributed by atoms with E-state index < -0.39 is 0 Å². The Morgan fingerprint density at radius 1 is 0.846 bits per heavy atom. The molecule has 2 unspecified atom stereocenters. The molecular weight excluding hydrogens is 160 g/mol. The lowest BCUT2D eigenvalue weighted by Crippen LogP contribution is -2.46. The van der Waals surface area contributed by atoms with Gasteiger partial charge >= 0.3 is 0 Å². The van der Waals surface area contributed by atoms with Crippen molar-refractivity contribution in [1.82, 2.24) is 5.32 Å². The quantitative estimate of drug-likeness (QED) is 0.683. The maximum atomic E-state index is 6.03. The molecule has 0 aliphatic heterocycles. The number of hydrogen-bond donors (Lipinski definition) is 2. The fraction of sp³-hybridized carbons (Fsp3) is 1.00. The second kappa shape index (κ2) is 4.43. The number of nitrogens with two attached hydrogens (primary N) is 1. The minimum Gasteiger partial charge on any atom is -0.326 e. The summed E-state index contributed by atoms with van der Waals surface area (Å²) in [6, 6.07) is 1.84. The van der Waals surface area contributed by atoms with Gasteiger partial charge in [0, 0.05) is 18.1 Å². The van der Waals surface area contributed by atoms with E-state index >= 15 is 0 Å². The van der Waals surface area contributed by atoms with Crippen molar-refractivity contribution in [2.24, 2.45) is 5.73 Å². The van der Waals surface area contributed by atoms with Gasteiger partial charge in [0.2, 0.25) is 0 Å². The number of rotatable bonds is 2. The van der Waals surface area contributed by atoms with Gasteiger partial charge in [-0.05, 0) is 25.7 Å². The van der Waals surface area contributed by atoms with Gasteiger partial charge in [-0.1, -0.05) is 25.7 Å².